The number of nitrogens with one attached hydrogen (secondary N) is 1. The number of anilines is 2. The highest BCUT2D eigenvalue weighted by molar-refractivity contribution is 6.32. The first-order chi connectivity index (χ1) is 22.1. The molecule has 1 N–H and O–H groups in total. The summed E-state index contributed by atoms with van der Waals surface area (Å²) < 4.78 is 59.9. The number of rotatable bonds is 7. The van der Waals surface area contributed by atoms with Crippen LogP contribution >= 0.6 is 11.6 Å². The van der Waals surface area contributed by atoms with Crippen LogP contribution in [0.2, 0.25) is 5.02 Å². The number of alkyl halides is 3. The van der Waals surface area contributed by atoms with E-state index in [4.69, 9.17) is 16.0 Å². The molecule has 5 aromatic rings. The lowest BCUT2D eigenvalue weighted by molar-refractivity contribution is -0.137. The lowest BCUT2D eigenvalue weighted by Gasteiger charge is -2.36. The summed E-state index contributed by atoms with van der Waals surface area (Å²) in [5.41, 5.74) is 0.0911. The van der Waals surface area contributed by atoms with E-state index in [0.717, 1.165) is 49.6 Å². The van der Waals surface area contributed by atoms with Crippen LogP contribution in [0.4, 0.5) is 28.9 Å². The smallest absolute Gasteiger partial charge is 0.418 e. The number of pyridine rings is 1. The fraction of sp³-hybridized carbons (Fsp3) is 0.206. The summed E-state index contributed by atoms with van der Waals surface area (Å²) in [6, 6.07) is 18.8. The van der Waals surface area contributed by atoms with Gasteiger partial charge in [-0.05, 0) is 48.0 Å². The van der Waals surface area contributed by atoms with E-state index in [1.807, 2.05) is 24.3 Å². The highest BCUT2D eigenvalue weighted by atomic mass is 35.5. The third kappa shape index (κ3) is 6.75. The summed E-state index contributed by atoms with van der Waals surface area (Å²) in [4.78, 5) is 35.2. The topological polar surface area (TPSA) is 78.7 Å². The molecule has 12 heteroatoms. The number of carbonyl (C=O) groups is 1. The first kappa shape index (κ1) is 31.3. The van der Waals surface area contributed by atoms with Crippen molar-refractivity contribution in [3.8, 4) is 11.1 Å². The third-order valence-corrected chi connectivity index (χ3v) is 8.26. The first-order valence-electron chi connectivity index (χ1n) is 14.4. The van der Waals surface area contributed by atoms with Crippen LogP contribution in [-0.4, -0.2) is 42.0 Å². The molecule has 1 aliphatic heterocycles. The Hall–Kier alpha value is -4.74. The molecule has 236 valence electrons. The monoisotopic (exact) mass is 650 g/mol. The minimum absolute atomic E-state index is 0.0709. The maximum atomic E-state index is 13.6. The maximum Gasteiger partial charge on any atom is 0.418 e. The Morgan fingerprint density at radius 2 is 1.74 bits per heavy atom. The normalized spacial score (nSPS) is 14.1. The first-order valence-corrected chi connectivity index (χ1v) is 14.8. The maximum absolute atomic E-state index is 13.6. The summed E-state index contributed by atoms with van der Waals surface area (Å²) in [6.07, 6.45) is -2.46. The van der Waals surface area contributed by atoms with E-state index in [1.54, 1.807) is 24.4 Å². The van der Waals surface area contributed by atoms with Gasteiger partial charge in [0.15, 0.2) is 0 Å². The molecule has 6 rings (SSSR count). The van der Waals surface area contributed by atoms with Crippen molar-refractivity contribution in [2.75, 3.05) is 36.4 Å². The van der Waals surface area contributed by atoms with E-state index < -0.39 is 41.2 Å². The molecule has 3 aromatic carbocycles. The predicted octanol–water partition coefficient (Wildman–Crippen LogP) is 7.17. The fourth-order valence-electron chi connectivity index (χ4n) is 5.69. The molecular weight excluding hydrogens is 624 g/mol. The average molecular weight is 651 g/mol. The van der Waals surface area contributed by atoms with Gasteiger partial charge in [0.05, 0.1) is 23.2 Å². The van der Waals surface area contributed by atoms with Crippen molar-refractivity contribution in [2.24, 2.45) is 0 Å². The number of amides is 1. The van der Waals surface area contributed by atoms with Gasteiger partial charge in [0.2, 0.25) is 5.91 Å². The summed E-state index contributed by atoms with van der Waals surface area (Å²) in [6.45, 7) is 3.75. The van der Waals surface area contributed by atoms with Crippen LogP contribution in [0, 0.1) is 5.82 Å². The van der Waals surface area contributed by atoms with Gasteiger partial charge in [0, 0.05) is 78.4 Å². The number of hydrogen-bond acceptors (Lipinski definition) is 6. The molecule has 0 saturated carbocycles. The average Bonchev–Trinajstić information content (AvgIpc) is 3.04. The van der Waals surface area contributed by atoms with Crippen molar-refractivity contribution in [1.82, 2.24) is 9.88 Å². The zero-order valence-corrected chi connectivity index (χ0v) is 25.0. The second-order valence-electron chi connectivity index (χ2n) is 10.9. The summed E-state index contributed by atoms with van der Waals surface area (Å²) in [5.74, 6) is -2.02. The Morgan fingerprint density at radius 1 is 0.978 bits per heavy atom. The molecular formula is C34H27ClF4N4O3. The molecule has 1 saturated heterocycles. The van der Waals surface area contributed by atoms with Gasteiger partial charge in [-0.1, -0.05) is 35.9 Å². The Morgan fingerprint density at radius 3 is 2.43 bits per heavy atom. The molecule has 0 aliphatic carbocycles. The van der Waals surface area contributed by atoms with Crippen LogP contribution in [0.1, 0.15) is 16.7 Å². The van der Waals surface area contributed by atoms with E-state index >= 15 is 0 Å². The SMILES string of the molecule is O=C(Cc1c(-c2cccnc2)c2cc(CN3CCN(c4ccccc4)CC3)c(Cl)cc2oc1=O)Nc1ccc(F)cc1C(F)(F)F. The minimum atomic E-state index is -4.92. The summed E-state index contributed by atoms with van der Waals surface area (Å²) in [5, 5.41) is 3.08. The minimum Gasteiger partial charge on any atom is -0.422 e. The number of benzene rings is 3. The van der Waals surface area contributed by atoms with E-state index in [1.165, 1.54) is 6.20 Å². The highest BCUT2D eigenvalue weighted by Crippen LogP contribution is 2.37. The van der Waals surface area contributed by atoms with Gasteiger partial charge in [0.25, 0.3) is 0 Å². The number of nitrogens with zero attached hydrogens (tertiary/aromatic N) is 3. The van der Waals surface area contributed by atoms with E-state index in [0.29, 0.717) is 34.1 Å². The molecule has 0 unspecified atom stereocenters. The molecule has 1 aliphatic rings. The number of aromatic nitrogens is 1. The standard InChI is InChI=1S/C34H27ClF4N4O3/c35-28-18-30-25(15-22(28)20-42-11-13-43(14-12-42)24-6-2-1-3-7-24)32(21-5-4-10-40-19-21)26(33(45)46-30)17-31(44)41-29-9-8-23(36)16-27(29)34(37,38)39/h1-10,15-16,18-19H,11-14,17,20H2,(H,41,44). The number of halogens is 5. The second kappa shape index (κ2) is 12.9. The molecule has 46 heavy (non-hydrogen) atoms. The Balaban J connectivity index is 1.33. The summed E-state index contributed by atoms with van der Waals surface area (Å²) >= 11 is 6.68. The largest absolute Gasteiger partial charge is 0.422 e. The van der Waals surface area contributed by atoms with Crippen LogP contribution in [0.3, 0.4) is 0 Å². The van der Waals surface area contributed by atoms with Crippen molar-refractivity contribution < 1.29 is 26.8 Å². The third-order valence-electron chi connectivity index (χ3n) is 7.91. The van der Waals surface area contributed by atoms with Gasteiger partial charge in [-0.3, -0.25) is 14.7 Å². The molecule has 2 aromatic heterocycles. The molecule has 0 radical (unpaired) electrons. The Labute approximate surface area is 266 Å². The fourth-order valence-corrected chi connectivity index (χ4v) is 5.90. The van der Waals surface area contributed by atoms with Crippen molar-refractivity contribution in [1.29, 1.82) is 0 Å². The number of carbonyl (C=O) groups excluding carboxylic acids is 1. The molecule has 0 bridgehead atoms. The van der Waals surface area contributed by atoms with Gasteiger partial charge < -0.3 is 14.6 Å². The lowest BCUT2D eigenvalue weighted by atomic mass is 9.95. The molecule has 0 spiro atoms. The van der Waals surface area contributed by atoms with Crippen LogP contribution < -0.4 is 15.8 Å². The second-order valence-corrected chi connectivity index (χ2v) is 11.3. The van der Waals surface area contributed by atoms with Gasteiger partial charge >= 0.3 is 11.8 Å². The van der Waals surface area contributed by atoms with E-state index in [-0.39, 0.29) is 11.1 Å². The number of para-hydroxylation sites is 1. The molecule has 1 fully saturated rings. The van der Waals surface area contributed by atoms with Crippen molar-refractivity contribution in [3.63, 3.8) is 0 Å². The molecule has 3 heterocycles. The van der Waals surface area contributed by atoms with E-state index in [9.17, 15) is 27.2 Å². The van der Waals surface area contributed by atoms with Crippen molar-refractivity contribution >= 4 is 39.9 Å². The van der Waals surface area contributed by atoms with Gasteiger partial charge in [-0.15, -0.1) is 0 Å². The molecule has 1 amide bonds. The van der Waals surface area contributed by atoms with Crippen LogP contribution in [0.25, 0.3) is 22.1 Å². The Bertz CT molecular complexity index is 1940. The van der Waals surface area contributed by atoms with Gasteiger partial charge in [-0.2, -0.15) is 13.2 Å². The van der Waals surface area contributed by atoms with Gasteiger partial charge in [0.1, 0.15) is 11.4 Å². The van der Waals surface area contributed by atoms with Crippen molar-refractivity contribution in [3.05, 3.63) is 123 Å². The number of hydrogen-bond donors (Lipinski definition) is 1. The summed E-state index contributed by atoms with van der Waals surface area (Å²) in [7, 11) is 0. The highest BCUT2D eigenvalue weighted by Gasteiger charge is 2.34. The quantitative estimate of drug-likeness (QED) is 0.149. The molecule has 7 nitrogen and oxygen atoms in total. The van der Waals surface area contributed by atoms with E-state index in [2.05, 4.69) is 32.2 Å². The van der Waals surface area contributed by atoms with Crippen LogP contribution in [0.5, 0.6) is 0 Å². The van der Waals surface area contributed by atoms with Gasteiger partial charge in [-0.25, -0.2) is 9.18 Å². The van der Waals surface area contributed by atoms with Crippen LogP contribution in [-0.2, 0) is 23.9 Å². The Kier molecular flexibility index (Phi) is 8.79. The predicted molar refractivity (Wildman–Crippen MR) is 168 cm³/mol. The number of fused-ring (bicyclic) bond motifs is 1. The number of piperazine rings is 1. The zero-order chi connectivity index (χ0) is 32.4. The van der Waals surface area contributed by atoms with Crippen molar-refractivity contribution in [2.45, 2.75) is 19.1 Å². The molecule has 0 atom stereocenters. The van der Waals surface area contributed by atoms with Crippen LogP contribution in [0.15, 0.2) is 94.4 Å². The lowest BCUT2D eigenvalue weighted by Crippen LogP contribution is -2.46. The zero-order valence-electron chi connectivity index (χ0n) is 24.3.